The van der Waals surface area contributed by atoms with Crippen LogP contribution < -0.4 is 9.64 Å². The Hall–Kier alpha value is -4.53. The largest absolute Gasteiger partial charge is 0.508 e. The first-order valence-electron chi connectivity index (χ1n) is 16.1. The second-order valence-corrected chi connectivity index (χ2v) is 14.3. The van der Waals surface area contributed by atoms with E-state index < -0.39 is 105 Å². The predicted molar refractivity (Wildman–Crippen MR) is 174 cm³/mol. The molecule has 0 aromatic heterocycles. The van der Waals surface area contributed by atoms with Crippen molar-refractivity contribution in [1.29, 1.82) is 0 Å². The van der Waals surface area contributed by atoms with E-state index in [4.69, 9.17) is 27.9 Å². The van der Waals surface area contributed by atoms with E-state index in [2.05, 4.69) is 0 Å². The lowest BCUT2D eigenvalue weighted by Crippen LogP contribution is -2.60. The van der Waals surface area contributed by atoms with Crippen LogP contribution in [-0.2, 0) is 25.6 Å². The number of phenols is 1. The molecule has 2 heterocycles. The van der Waals surface area contributed by atoms with Gasteiger partial charge in [0.2, 0.25) is 17.6 Å². The first kappa shape index (κ1) is 35.9. The summed E-state index contributed by atoms with van der Waals surface area (Å²) in [6.07, 6.45) is 1.18. The third-order valence-electron chi connectivity index (χ3n) is 10.5. The van der Waals surface area contributed by atoms with Gasteiger partial charge in [0.1, 0.15) is 23.8 Å². The average Bonchev–Trinajstić information content (AvgIpc) is 3.46. The molecule has 2 saturated heterocycles. The number of carbonyl (C=O) groups excluding carboxylic acids is 4. The SMILES string of the molecule is O=C1C2CC=C3C(CC4(Cl)C(=O)N(c5c(F)c(F)c(F)c(F)c5F)C(=O)C4(Cl)C3c3ccccc3OCCO)C2C(=O)N1CCc1ccc(O)cc1. The highest BCUT2D eigenvalue weighted by Crippen LogP contribution is 2.66. The summed E-state index contributed by atoms with van der Waals surface area (Å²) in [5, 5.41) is 19.1. The number of aromatic hydroxyl groups is 1. The molecule has 3 fully saturated rings. The lowest BCUT2D eigenvalue weighted by atomic mass is 9.56. The molecule has 3 aromatic rings. The van der Waals surface area contributed by atoms with Gasteiger partial charge in [-0.05, 0) is 48.9 Å². The summed E-state index contributed by atoms with van der Waals surface area (Å²) < 4.78 is 79.3. The number of nitrogens with zero attached hydrogens (tertiary/aromatic N) is 2. The van der Waals surface area contributed by atoms with E-state index in [1.807, 2.05) is 0 Å². The number of likely N-dealkylation sites (tertiary alicyclic amines) is 1. The second-order valence-electron chi connectivity index (χ2n) is 13.0. The topological polar surface area (TPSA) is 124 Å². The van der Waals surface area contributed by atoms with Crippen LogP contribution in [0.1, 0.15) is 29.9 Å². The average molecular weight is 766 g/mol. The number of hydrogen-bond donors (Lipinski definition) is 2. The molecule has 6 atom stereocenters. The highest BCUT2D eigenvalue weighted by Gasteiger charge is 2.77. The van der Waals surface area contributed by atoms with E-state index in [0.29, 0.717) is 0 Å². The Labute approximate surface area is 302 Å². The van der Waals surface area contributed by atoms with Gasteiger partial charge in [-0.25, -0.2) is 26.9 Å². The van der Waals surface area contributed by atoms with Crippen LogP contribution in [0.25, 0.3) is 0 Å². The molecule has 0 radical (unpaired) electrons. The van der Waals surface area contributed by atoms with Crippen LogP contribution >= 0.6 is 23.2 Å². The summed E-state index contributed by atoms with van der Waals surface area (Å²) in [6.45, 7) is -0.720. The van der Waals surface area contributed by atoms with Gasteiger partial charge in [-0.2, -0.15) is 0 Å². The number of benzene rings is 3. The minimum Gasteiger partial charge on any atom is -0.508 e. The molecule has 3 aromatic carbocycles. The summed E-state index contributed by atoms with van der Waals surface area (Å²) in [6, 6.07) is 12.1. The number of ether oxygens (including phenoxy) is 1. The van der Waals surface area contributed by atoms with Crippen LogP contribution in [0.2, 0.25) is 0 Å². The Bertz CT molecular complexity index is 2050. The molecule has 7 rings (SSSR count). The minimum absolute atomic E-state index is 0.0152. The summed E-state index contributed by atoms with van der Waals surface area (Å²) in [7, 11) is 0. The van der Waals surface area contributed by atoms with Gasteiger partial charge >= 0.3 is 0 Å². The molecule has 2 aliphatic carbocycles. The summed E-state index contributed by atoms with van der Waals surface area (Å²) >= 11 is 14.4. The highest BCUT2D eigenvalue weighted by molar-refractivity contribution is 6.58. The maximum atomic E-state index is 15.3. The number of phenolic OH excluding ortho intramolecular Hbond substituents is 1. The van der Waals surface area contributed by atoms with E-state index in [-0.39, 0.29) is 53.5 Å². The molecule has 1 saturated carbocycles. The third kappa shape index (κ3) is 4.97. The Kier molecular flexibility index (Phi) is 8.86. The van der Waals surface area contributed by atoms with Crippen molar-refractivity contribution in [2.24, 2.45) is 17.8 Å². The number of amides is 4. The molecule has 2 N–H and O–H groups in total. The van der Waals surface area contributed by atoms with E-state index in [1.165, 1.54) is 30.3 Å². The van der Waals surface area contributed by atoms with Gasteiger partial charge in [-0.15, -0.1) is 23.2 Å². The van der Waals surface area contributed by atoms with Crippen molar-refractivity contribution in [2.45, 2.75) is 34.9 Å². The molecular formula is C36H27Cl2F5N2O7. The lowest BCUT2D eigenvalue weighted by Gasteiger charge is -2.51. The summed E-state index contributed by atoms with van der Waals surface area (Å²) in [5.41, 5.74) is -0.771. The van der Waals surface area contributed by atoms with Gasteiger partial charge in [0.25, 0.3) is 11.8 Å². The molecule has 16 heteroatoms. The fourth-order valence-electron chi connectivity index (χ4n) is 8.11. The van der Waals surface area contributed by atoms with Crippen molar-refractivity contribution in [3.05, 3.63) is 100 Å². The van der Waals surface area contributed by atoms with Gasteiger partial charge in [0.05, 0.1) is 18.4 Å². The van der Waals surface area contributed by atoms with Gasteiger partial charge < -0.3 is 14.9 Å². The van der Waals surface area contributed by atoms with Crippen molar-refractivity contribution < 1.29 is 56.1 Å². The Morgan fingerprint density at radius 1 is 0.827 bits per heavy atom. The fraction of sp³-hybridized carbons (Fsp3) is 0.333. The zero-order valence-electron chi connectivity index (χ0n) is 26.7. The highest BCUT2D eigenvalue weighted by atomic mass is 35.5. The molecule has 4 aliphatic rings. The molecule has 52 heavy (non-hydrogen) atoms. The second kappa shape index (κ2) is 12.8. The standard InChI is InChI=1S/C36H27Cl2F5N2O7/c37-35-15-21-18(9-10-20-23(21)32(49)44(31(20)48)12-11-16-5-7-17(47)8-6-16)24(19-3-1-2-4-22(19)52-14-13-46)36(35,38)34(51)45(33(35)50)30-28(42)26(40)25(39)27(41)29(30)43/h1-9,20-21,23-24,46-47H,10-15H2. The maximum absolute atomic E-state index is 15.3. The van der Waals surface area contributed by atoms with Crippen molar-refractivity contribution >= 4 is 52.5 Å². The number of allylic oxidation sites excluding steroid dienone is 2. The van der Waals surface area contributed by atoms with E-state index >= 15 is 8.78 Å². The van der Waals surface area contributed by atoms with Crippen LogP contribution in [0.3, 0.4) is 0 Å². The first-order chi connectivity index (χ1) is 24.7. The number of hydrogen-bond acceptors (Lipinski definition) is 7. The number of halogens is 7. The molecule has 9 nitrogen and oxygen atoms in total. The molecule has 0 bridgehead atoms. The number of anilines is 1. The minimum atomic E-state index is -2.70. The van der Waals surface area contributed by atoms with E-state index in [0.717, 1.165) is 10.5 Å². The normalized spacial score (nSPS) is 28.2. The van der Waals surface area contributed by atoms with Gasteiger partial charge in [-0.1, -0.05) is 42.0 Å². The number of para-hydroxylation sites is 1. The predicted octanol–water partition coefficient (Wildman–Crippen LogP) is 5.26. The van der Waals surface area contributed by atoms with Crippen molar-refractivity contribution in [2.75, 3.05) is 24.7 Å². The Morgan fingerprint density at radius 3 is 2.12 bits per heavy atom. The molecule has 2 aliphatic heterocycles. The number of fused-ring (bicyclic) bond motifs is 4. The molecule has 0 spiro atoms. The number of alkyl halides is 2. The van der Waals surface area contributed by atoms with Gasteiger partial charge in [0, 0.05) is 18.0 Å². The number of aliphatic hydroxyl groups excluding tert-OH is 1. The maximum Gasteiger partial charge on any atom is 0.258 e. The van der Waals surface area contributed by atoms with Crippen molar-refractivity contribution in [3.8, 4) is 11.5 Å². The van der Waals surface area contributed by atoms with Crippen LogP contribution in [0.4, 0.5) is 27.6 Å². The number of aliphatic hydroxyl groups is 1. The van der Waals surface area contributed by atoms with Crippen molar-refractivity contribution in [1.82, 2.24) is 4.90 Å². The molecule has 272 valence electrons. The third-order valence-corrected chi connectivity index (χ3v) is 11.9. The monoisotopic (exact) mass is 764 g/mol. The van der Waals surface area contributed by atoms with Crippen LogP contribution in [0.5, 0.6) is 11.5 Å². The first-order valence-corrected chi connectivity index (χ1v) is 16.9. The number of rotatable bonds is 8. The van der Waals surface area contributed by atoms with Gasteiger partial charge in [-0.3, -0.25) is 24.1 Å². The zero-order chi connectivity index (χ0) is 37.4. The Morgan fingerprint density at radius 2 is 1.46 bits per heavy atom. The molecule has 4 amide bonds. The lowest BCUT2D eigenvalue weighted by molar-refractivity contribution is -0.140. The van der Waals surface area contributed by atoms with Crippen LogP contribution in [0, 0.1) is 46.8 Å². The number of carbonyl (C=O) groups is 4. The quantitative estimate of drug-likeness (QED) is 0.0801. The molecule has 6 unspecified atom stereocenters. The van der Waals surface area contributed by atoms with Gasteiger partial charge in [0.15, 0.2) is 33.0 Å². The number of imide groups is 2. The zero-order valence-corrected chi connectivity index (χ0v) is 28.2. The smallest absolute Gasteiger partial charge is 0.258 e. The fourth-order valence-corrected chi connectivity index (χ4v) is 9.03. The summed E-state index contributed by atoms with van der Waals surface area (Å²) in [4.78, 5) is 52.2. The van der Waals surface area contributed by atoms with Crippen molar-refractivity contribution in [3.63, 3.8) is 0 Å². The molecular weight excluding hydrogens is 738 g/mol. The van der Waals surface area contributed by atoms with E-state index in [9.17, 15) is 42.6 Å². The van der Waals surface area contributed by atoms with E-state index in [1.54, 1.807) is 24.3 Å². The Balaban J connectivity index is 1.37. The van der Waals surface area contributed by atoms with Crippen LogP contribution in [-0.4, -0.2) is 68.2 Å². The summed E-state index contributed by atoms with van der Waals surface area (Å²) in [5.74, 6) is -21.2. The van der Waals surface area contributed by atoms with Crippen LogP contribution in [0.15, 0.2) is 60.2 Å².